The average Bonchev–Trinajstić information content (AvgIpc) is 2.66. The predicted octanol–water partition coefficient (Wildman–Crippen LogP) is 3.74. The molecular formula is C23H32N2O4S. The van der Waals surface area contributed by atoms with Gasteiger partial charge in [0.05, 0.1) is 18.0 Å². The van der Waals surface area contributed by atoms with E-state index < -0.39 is 10.0 Å². The molecule has 7 heteroatoms. The zero-order valence-electron chi connectivity index (χ0n) is 18.4. The van der Waals surface area contributed by atoms with Crippen LogP contribution in [0.5, 0.6) is 5.75 Å². The zero-order chi connectivity index (χ0) is 22.3. The SMILES string of the molecule is Cc1ccc(OC[C@H](C)NC(=O)CCCN(c2ccc(C)c(C)c2)S(C)(=O)=O)cc1. The second kappa shape index (κ2) is 10.5. The van der Waals surface area contributed by atoms with Gasteiger partial charge in [0.15, 0.2) is 0 Å². The van der Waals surface area contributed by atoms with Crippen LogP contribution in [0.15, 0.2) is 42.5 Å². The molecule has 30 heavy (non-hydrogen) atoms. The summed E-state index contributed by atoms with van der Waals surface area (Å²) in [6, 6.07) is 13.2. The number of benzene rings is 2. The van der Waals surface area contributed by atoms with Crippen LogP contribution in [-0.2, 0) is 14.8 Å². The summed E-state index contributed by atoms with van der Waals surface area (Å²) in [7, 11) is -3.43. The smallest absolute Gasteiger partial charge is 0.232 e. The van der Waals surface area contributed by atoms with Crippen LogP contribution in [0.2, 0.25) is 0 Å². The molecule has 0 radical (unpaired) electrons. The van der Waals surface area contributed by atoms with Gasteiger partial charge in [-0.3, -0.25) is 9.10 Å². The average molecular weight is 433 g/mol. The number of carbonyl (C=O) groups excluding carboxylic acids is 1. The van der Waals surface area contributed by atoms with Gasteiger partial charge in [0.25, 0.3) is 0 Å². The summed E-state index contributed by atoms with van der Waals surface area (Å²) in [5, 5.41) is 2.90. The first-order chi connectivity index (χ1) is 14.1. The number of amides is 1. The highest BCUT2D eigenvalue weighted by Gasteiger charge is 2.18. The highest BCUT2D eigenvalue weighted by Crippen LogP contribution is 2.21. The molecule has 6 nitrogen and oxygen atoms in total. The van der Waals surface area contributed by atoms with E-state index in [0.29, 0.717) is 18.7 Å². The Morgan fingerprint density at radius 1 is 1.07 bits per heavy atom. The van der Waals surface area contributed by atoms with Crippen LogP contribution in [0, 0.1) is 20.8 Å². The monoisotopic (exact) mass is 432 g/mol. The van der Waals surface area contributed by atoms with E-state index in [-0.39, 0.29) is 24.9 Å². The number of nitrogens with one attached hydrogen (secondary N) is 1. The van der Waals surface area contributed by atoms with Gasteiger partial charge in [-0.2, -0.15) is 0 Å². The Bertz CT molecular complexity index is 956. The van der Waals surface area contributed by atoms with Crippen LogP contribution >= 0.6 is 0 Å². The molecule has 0 saturated carbocycles. The number of carbonyl (C=O) groups is 1. The number of hydrogen-bond acceptors (Lipinski definition) is 4. The summed E-state index contributed by atoms with van der Waals surface area (Å²) in [4.78, 5) is 12.2. The number of anilines is 1. The third-order valence-electron chi connectivity index (χ3n) is 4.87. The van der Waals surface area contributed by atoms with E-state index in [1.54, 1.807) is 6.07 Å². The van der Waals surface area contributed by atoms with Gasteiger partial charge in [0.2, 0.25) is 15.9 Å². The molecule has 0 aromatic heterocycles. The van der Waals surface area contributed by atoms with E-state index in [9.17, 15) is 13.2 Å². The van der Waals surface area contributed by atoms with Crippen molar-refractivity contribution >= 4 is 21.6 Å². The van der Waals surface area contributed by atoms with E-state index in [4.69, 9.17) is 4.74 Å². The van der Waals surface area contributed by atoms with Gasteiger partial charge in [0, 0.05) is 13.0 Å². The van der Waals surface area contributed by atoms with Crippen LogP contribution < -0.4 is 14.4 Å². The normalized spacial score (nSPS) is 12.3. The van der Waals surface area contributed by atoms with E-state index in [2.05, 4.69) is 5.32 Å². The molecule has 2 aromatic rings. The number of sulfonamides is 1. The lowest BCUT2D eigenvalue weighted by Gasteiger charge is -2.23. The molecule has 2 aromatic carbocycles. The van der Waals surface area contributed by atoms with Gasteiger partial charge in [-0.15, -0.1) is 0 Å². The fourth-order valence-electron chi connectivity index (χ4n) is 2.99. The van der Waals surface area contributed by atoms with Crippen molar-refractivity contribution in [3.63, 3.8) is 0 Å². The van der Waals surface area contributed by atoms with E-state index in [0.717, 1.165) is 22.4 Å². The van der Waals surface area contributed by atoms with Crippen molar-refractivity contribution in [2.45, 2.75) is 46.6 Å². The number of nitrogens with zero attached hydrogens (tertiary/aromatic N) is 1. The van der Waals surface area contributed by atoms with Gasteiger partial charge >= 0.3 is 0 Å². The Hall–Kier alpha value is -2.54. The molecule has 1 atom stereocenters. The van der Waals surface area contributed by atoms with Crippen molar-refractivity contribution in [3.05, 3.63) is 59.2 Å². The Balaban J connectivity index is 1.83. The molecule has 1 amide bonds. The Kier molecular flexibility index (Phi) is 8.29. The second-order valence-corrected chi connectivity index (χ2v) is 9.71. The Morgan fingerprint density at radius 3 is 2.33 bits per heavy atom. The third-order valence-corrected chi connectivity index (χ3v) is 6.07. The highest BCUT2D eigenvalue weighted by molar-refractivity contribution is 7.92. The maximum Gasteiger partial charge on any atom is 0.232 e. The van der Waals surface area contributed by atoms with Gasteiger partial charge in [-0.05, 0) is 69.5 Å². The molecular weight excluding hydrogens is 400 g/mol. The summed E-state index contributed by atoms with van der Waals surface area (Å²) in [5.74, 6) is 0.641. The van der Waals surface area contributed by atoms with Crippen molar-refractivity contribution in [3.8, 4) is 5.75 Å². The van der Waals surface area contributed by atoms with Crippen molar-refractivity contribution in [1.82, 2.24) is 5.32 Å². The molecule has 0 aliphatic heterocycles. The van der Waals surface area contributed by atoms with Gasteiger partial charge in [-0.25, -0.2) is 8.42 Å². The lowest BCUT2D eigenvalue weighted by atomic mass is 10.1. The lowest BCUT2D eigenvalue weighted by molar-refractivity contribution is -0.121. The van der Waals surface area contributed by atoms with Crippen molar-refractivity contribution in [1.29, 1.82) is 0 Å². The molecule has 0 fully saturated rings. The molecule has 0 unspecified atom stereocenters. The minimum Gasteiger partial charge on any atom is -0.491 e. The van der Waals surface area contributed by atoms with Crippen LogP contribution in [0.4, 0.5) is 5.69 Å². The zero-order valence-corrected chi connectivity index (χ0v) is 19.3. The molecule has 0 heterocycles. The molecule has 0 saturated heterocycles. The molecule has 164 valence electrons. The Morgan fingerprint density at radius 2 is 1.73 bits per heavy atom. The van der Waals surface area contributed by atoms with Gasteiger partial charge in [-0.1, -0.05) is 23.8 Å². The summed E-state index contributed by atoms with van der Waals surface area (Å²) >= 11 is 0. The van der Waals surface area contributed by atoms with Crippen LogP contribution in [0.25, 0.3) is 0 Å². The Labute approximate surface area is 180 Å². The molecule has 1 N–H and O–H groups in total. The van der Waals surface area contributed by atoms with E-state index in [1.807, 2.05) is 64.1 Å². The molecule has 0 aliphatic carbocycles. The number of ether oxygens (including phenoxy) is 1. The summed E-state index contributed by atoms with van der Waals surface area (Å²) in [6.45, 7) is 8.45. The second-order valence-electron chi connectivity index (χ2n) is 7.80. The minimum absolute atomic E-state index is 0.122. The number of rotatable bonds is 10. The van der Waals surface area contributed by atoms with Crippen molar-refractivity contribution in [2.24, 2.45) is 0 Å². The van der Waals surface area contributed by atoms with Gasteiger partial charge in [0.1, 0.15) is 12.4 Å². The maximum absolute atomic E-state index is 12.2. The topological polar surface area (TPSA) is 75.7 Å². The molecule has 0 aliphatic rings. The molecule has 2 rings (SSSR count). The molecule has 0 bridgehead atoms. The van der Waals surface area contributed by atoms with Crippen LogP contribution in [-0.4, -0.2) is 39.8 Å². The highest BCUT2D eigenvalue weighted by atomic mass is 32.2. The van der Waals surface area contributed by atoms with Crippen molar-refractivity contribution in [2.75, 3.05) is 23.7 Å². The summed E-state index contributed by atoms with van der Waals surface area (Å²) < 4.78 is 31.5. The van der Waals surface area contributed by atoms with E-state index >= 15 is 0 Å². The van der Waals surface area contributed by atoms with Crippen LogP contribution in [0.1, 0.15) is 36.5 Å². The fraction of sp³-hybridized carbons (Fsp3) is 0.435. The number of hydrogen-bond donors (Lipinski definition) is 1. The first kappa shape index (κ1) is 23.7. The largest absolute Gasteiger partial charge is 0.491 e. The summed E-state index contributed by atoms with van der Waals surface area (Å²) in [6.07, 6.45) is 1.86. The standard InChI is InChI=1S/C23H32N2O4S/c1-17-8-12-22(13-9-17)29-16-20(4)24-23(26)7-6-14-25(30(5,27)28)21-11-10-18(2)19(3)15-21/h8-13,15,20H,6-7,14,16H2,1-5H3,(H,24,26)/t20-/m0/s1. The van der Waals surface area contributed by atoms with E-state index in [1.165, 1.54) is 10.6 Å². The minimum atomic E-state index is -3.43. The number of aryl methyl sites for hydroxylation is 3. The predicted molar refractivity (Wildman–Crippen MR) is 122 cm³/mol. The quantitative estimate of drug-likeness (QED) is 0.621. The molecule has 0 spiro atoms. The van der Waals surface area contributed by atoms with Gasteiger partial charge < -0.3 is 10.1 Å². The first-order valence-corrected chi connectivity index (χ1v) is 11.9. The lowest BCUT2D eigenvalue weighted by Crippen LogP contribution is -2.37. The third kappa shape index (κ3) is 7.37. The van der Waals surface area contributed by atoms with Crippen molar-refractivity contribution < 1.29 is 17.9 Å². The maximum atomic E-state index is 12.2. The fourth-order valence-corrected chi connectivity index (χ4v) is 3.95. The first-order valence-electron chi connectivity index (χ1n) is 10.1. The summed E-state index contributed by atoms with van der Waals surface area (Å²) in [5.41, 5.74) is 3.92. The van der Waals surface area contributed by atoms with Crippen LogP contribution in [0.3, 0.4) is 0 Å².